The Labute approximate surface area is 244 Å². The molecule has 6 nitrogen and oxygen atoms in total. The number of nitrogens with one attached hydrogen (secondary N) is 1. The third-order valence-corrected chi connectivity index (χ3v) is 7.43. The normalized spacial score (nSPS) is 16.6. The minimum atomic E-state index is -0.374. The summed E-state index contributed by atoms with van der Waals surface area (Å²) in [4.78, 5) is 6.57. The lowest BCUT2D eigenvalue weighted by Crippen LogP contribution is -2.29. The first-order valence-electron chi connectivity index (χ1n) is 12.5. The second kappa shape index (κ2) is 11.1. The Kier molecular flexibility index (Phi) is 7.23. The molecule has 0 radical (unpaired) electrons. The van der Waals surface area contributed by atoms with Gasteiger partial charge in [0.15, 0.2) is 5.11 Å². The van der Waals surface area contributed by atoms with Crippen molar-refractivity contribution in [3.8, 4) is 28.6 Å². The maximum Gasteiger partial charge on any atom is 0.174 e. The van der Waals surface area contributed by atoms with Crippen LogP contribution in [0.5, 0.6) is 17.2 Å². The van der Waals surface area contributed by atoms with Gasteiger partial charge < -0.3 is 24.1 Å². The largest absolute Gasteiger partial charge is 0.497 e. The van der Waals surface area contributed by atoms with Crippen molar-refractivity contribution < 1.29 is 18.3 Å². The van der Waals surface area contributed by atoms with Gasteiger partial charge >= 0.3 is 0 Å². The molecule has 9 heteroatoms. The molecule has 2 aromatic heterocycles. The van der Waals surface area contributed by atoms with Crippen molar-refractivity contribution in [2.75, 3.05) is 12.0 Å². The lowest BCUT2D eigenvalue weighted by molar-refractivity contribution is 0.413. The molecule has 3 heterocycles. The highest BCUT2D eigenvalue weighted by Crippen LogP contribution is 2.43. The molecule has 0 amide bonds. The lowest BCUT2D eigenvalue weighted by atomic mass is 10.0. The summed E-state index contributed by atoms with van der Waals surface area (Å²) in [7, 11) is 1.63. The molecule has 5 aromatic rings. The molecule has 1 N–H and O–H groups in total. The molecule has 1 aliphatic heterocycles. The zero-order valence-corrected chi connectivity index (χ0v) is 23.7. The number of ether oxygens (including phenoxy) is 2. The van der Waals surface area contributed by atoms with Crippen LogP contribution in [0.15, 0.2) is 112 Å². The van der Waals surface area contributed by atoms with Gasteiger partial charge in [0.25, 0.3) is 0 Å². The van der Waals surface area contributed by atoms with Crippen molar-refractivity contribution in [1.82, 2.24) is 10.3 Å². The zero-order valence-electron chi connectivity index (χ0n) is 21.3. The van der Waals surface area contributed by atoms with Crippen LogP contribution in [-0.2, 0) is 0 Å². The van der Waals surface area contributed by atoms with Crippen LogP contribution >= 0.6 is 28.1 Å². The van der Waals surface area contributed by atoms with E-state index < -0.39 is 0 Å². The Morgan fingerprint density at radius 2 is 1.65 bits per heavy atom. The number of pyridine rings is 1. The number of aromatic nitrogens is 1. The summed E-state index contributed by atoms with van der Waals surface area (Å²) in [6, 6.07) is 28.7. The number of hydrogen-bond acceptors (Lipinski definition) is 5. The highest BCUT2D eigenvalue weighted by molar-refractivity contribution is 9.10. The summed E-state index contributed by atoms with van der Waals surface area (Å²) < 4.78 is 32.9. The van der Waals surface area contributed by atoms with Crippen LogP contribution in [0, 0.1) is 5.82 Å². The smallest absolute Gasteiger partial charge is 0.174 e. The molecule has 0 bridgehead atoms. The number of furan rings is 1. The number of benzene rings is 3. The number of thiocarbonyl (C=S) groups is 1. The van der Waals surface area contributed by atoms with E-state index in [0.717, 1.165) is 17.1 Å². The molecule has 0 unspecified atom stereocenters. The third-order valence-electron chi connectivity index (χ3n) is 6.62. The second-order valence-corrected chi connectivity index (χ2v) is 10.4. The molecular formula is C31H23BrFN3O3S. The summed E-state index contributed by atoms with van der Waals surface area (Å²) >= 11 is 9.12. The highest BCUT2D eigenvalue weighted by Gasteiger charge is 2.42. The molecule has 200 valence electrons. The average Bonchev–Trinajstić information content (AvgIpc) is 3.59. The molecule has 6 rings (SSSR count). The molecule has 1 saturated heterocycles. The van der Waals surface area contributed by atoms with E-state index in [1.165, 1.54) is 6.07 Å². The Morgan fingerprint density at radius 1 is 0.925 bits per heavy atom. The third kappa shape index (κ3) is 5.17. The minimum absolute atomic E-state index is 0.294. The first-order chi connectivity index (χ1) is 19.5. The van der Waals surface area contributed by atoms with Crippen LogP contribution in [0.2, 0.25) is 0 Å². The molecule has 0 spiro atoms. The number of halogens is 2. The van der Waals surface area contributed by atoms with E-state index in [-0.39, 0.29) is 17.9 Å². The number of rotatable bonds is 7. The Balaban J connectivity index is 1.33. The van der Waals surface area contributed by atoms with Crippen LogP contribution in [0.25, 0.3) is 11.3 Å². The van der Waals surface area contributed by atoms with Gasteiger partial charge in [-0.1, -0.05) is 22.0 Å². The van der Waals surface area contributed by atoms with Gasteiger partial charge in [-0.05, 0) is 103 Å². The zero-order chi connectivity index (χ0) is 27.6. The maximum absolute atomic E-state index is 14.7. The highest BCUT2D eigenvalue weighted by atomic mass is 79.9. The number of nitrogens with zero attached hydrogens (tertiary/aromatic N) is 2. The summed E-state index contributed by atoms with van der Waals surface area (Å²) in [5.74, 6) is 2.81. The fourth-order valence-corrected chi connectivity index (χ4v) is 5.40. The standard InChI is InChI=1S/C31H23BrFN3O3S/c1-37-21-10-12-23(13-11-21)38-22-8-6-20(7-9-22)36-30(29(35-31(36)40)26-4-2-3-17-34-26)28-16-15-27(39-28)24-14-5-19(32)18-25(24)33/h2-18,29-30H,1H3,(H,35,40)/t29-,30-/m0/s1. The first-order valence-corrected chi connectivity index (χ1v) is 13.7. The van der Waals surface area contributed by atoms with Crippen molar-refractivity contribution in [2.24, 2.45) is 0 Å². The van der Waals surface area contributed by atoms with Gasteiger partial charge in [-0.2, -0.15) is 0 Å². The van der Waals surface area contributed by atoms with Crippen molar-refractivity contribution >= 4 is 38.9 Å². The fraction of sp³-hybridized carbons (Fsp3) is 0.0968. The van der Waals surface area contributed by atoms with Crippen molar-refractivity contribution in [3.05, 3.63) is 125 Å². The topological polar surface area (TPSA) is 59.8 Å². The molecule has 1 fully saturated rings. The number of methoxy groups -OCH3 is 1. The van der Waals surface area contributed by atoms with Crippen LogP contribution in [0.3, 0.4) is 0 Å². The van der Waals surface area contributed by atoms with E-state index in [1.54, 1.807) is 31.5 Å². The molecule has 40 heavy (non-hydrogen) atoms. The van der Waals surface area contributed by atoms with Crippen LogP contribution in [0.4, 0.5) is 10.1 Å². The number of hydrogen-bond donors (Lipinski definition) is 1. The van der Waals surface area contributed by atoms with Gasteiger partial charge in [0.2, 0.25) is 0 Å². The molecular weight excluding hydrogens is 593 g/mol. The van der Waals surface area contributed by atoms with E-state index >= 15 is 0 Å². The van der Waals surface area contributed by atoms with E-state index in [9.17, 15) is 4.39 Å². The van der Waals surface area contributed by atoms with Gasteiger partial charge in [0, 0.05) is 16.4 Å². The molecule has 3 aromatic carbocycles. The fourth-order valence-electron chi connectivity index (χ4n) is 4.72. The average molecular weight is 617 g/mol. The predicted octanol–water partition coefficient (Wildman–Crippen LogP) is 8.22. The Morgan fingerprint density at radius 3 is 2.33 bits per heavy atom. The van der Waals surface area contributed by atoms with Crippen LogP contribution < -0.4 is 19.7 Å². The summed E-state index contributed by atoms with van der Waals surface area (Å²) in [5.41, 5.74) is 2.03. The second-order valence-electron chi connectivity index (χ2n) is 9.09. The van der Waals surface area contributed by atoms with E-state index in [2.05, 4.69) is 26.2 Å². The molecule has 2 atom stereocenters. The monoisotopic (exact) mass is 615 g/mol. The minimum Gasteiger partial charge on any atom is -0.497 e. The Bertz CT molecular complexity index is 1650. The van der Waals surface area contributed by atoms with Gasteiger partial charge in [0.05, 0.1) is 24.4 Å². The van der Waals surface area contributed by atoms with Crippen molar-refractivity contribution in [1.29, 1.82) is 0 Å². The summed E-state index contributed by atoms with van der Waals surface area (Å²) in [6.07, 6.45) is 1.75. The van der Waals surface area contributed by atoms with Crippen molar-refractivity contribution in [3.63, 3.8) is 0 Å². The number of anilines is 1. The first kappa shape index (κ1) is 26.0. The van der Waals surface area contributed by atoms with Gasteiger partial charge in [-0.25, -0.2) is 4.39 Å². The van der Waals surface area contributed by atoms with Crippen LogP contribution in [0.1, 0.15) is 23.5 Å². The van der Waals surface area contributed by atoms with Crippen molar-refractivity contribution in [2.45, 2.75) is 12.1 Å². The molecule has 1 aliphatic rings. The molecule has 0 aliphatic carbocycles. The SMILES string of the molecule is COc1ccc(Oc2ccc(N3C(=S)N[C@@H](c4ccccn4)[C@@H]3c3ccc(-c4ccc(Br)cc4F)o3)cc2)cc1. The van der Waals surface area contributed by atoms with E-state index in [1.807, 2.05) is 77.7 Å². The van der Waals surface area contributed by atoms with Gasteiger partial charge in [-0.15, -0.1) is 0 Å². The molecule has 0 saturated carbocycles. The summed E-state index contributed by atoms with van der Waals surface area (Å²) in [5, 5.41) is 3.94. The predicted molar refractivity (Wildman–Crippen MR) is 159 cm³/mol. The van der Waals surface area contributed by atoms with Crippen LogP contribution in [-0.4, -0.2) is 17.2 Å². The van der Waals surface area contributed by atoms with Gasteiger partial charge in [-0.3, -0.25) is 4.98 Å². The maximum atomic E-state index is 14.7. The summed E-state index contributed by atoms with van der Waals surface area (Å²) in [6.45, 7) is 0. The Hall–Kier alpha value is -4.21. The van der Waals surface area contributed by atoms with E-state index in [0.29, 0.717) is 38.2 Å². The van der Waals surface area contributed by atoms with E-state index in [4.69, 9.17) is 26.1 Å². The lowest BCUT2D eigenvalue weighted by Gasteiger charge is -2.26. The van der Waals surface area contributed by atoms with Gasteiger partial charge in [0.1, 0.15) is 40.6 Å². The quantitative estimate of drug-likeness (QED) is 0.185.